The molecule has 0 aromatic carbocycles. The first kappa shape index (κ1) is 14.1. The molecule has 1 saturated carbocycles. The van der Waals surface area contributed by atoms with Crippen molar-refractivity contribution in [2.75, 3.05) is 6.61 Å². The molecule has 6 nitrogen and oxygen atoms in total. The molecule has 4 rings (SSSR count). The summed E-state index contributed by atoms with van der Waals surface area (Å²) in [4.78, 5) is 25.0. The summed E-state index contributed by atoms with van der Waals surface area (Å²) in [6.45, 7) is 1.68. The van der Waals surface area contributed by atoms with Gasteiger partial charge in [-0.1, -0.05) is 6.07 Å². The third-order valence-electron chi connectivity index (χ3n) is 4.77. The van der Waals surface area contributed by atoms with Crippen LogP contribution in [0.4, 0.5) is 0 Å². The first-order valence-electron chi connectivity index (χ1n) is 10.3. The van der Waals surface area contributed by atoms with Gasteiger partial charge in [0.15, 0.2) is 0 Å². The first-order chi connectivity index (χ1) is 14.2. The maximum atomic E-state index is 11.9. The van der Waals surface area contributed by atoms with E-state index in [0.717, 1.165) is 22.2 Å². The molecule has 0 unspecified atom stereocenters. The number of pyridine rings is 2. The van der Waals surface area contributed by atoms with Crippen LogP contribution in [0.2, 0.25) is 0 Å². The fraction of sp³-hybridized carbons (Fsp3) is 0.333. The normalized spacial score (nSPS) is 20.4. The van der Waals surface area contributed by atoms with Gasteiger partial charge in [0.05, 0.1) is 12.2 Å². The summed E-state index contributed by atoms with van der Waals surface area (Å²) < 4.78 is 29.4. The topological polar surface area (TPSA) is 69.9 Å². The van der Waals surface area contributed by atoms with Crippen LogP contribution in [0.15, 0.2) is 47.7 Å². The van der Waals surface area contributed by atoms with Crippen LogP contribution in [0.25, 0.3) is 11.1 Å². The number of aryl methyl sites for hydroxylation is 3. The molecule has 0 saturated heterocycles. The van der Waals surface area contributed by atoms with Gasteiger partial charge < -0.3 is 9.30 Å². The van der Waals surface area contributed by atoms with E-state index in [2.05, 4.69) is 27.1 Å². The Labute approximate surface area is 162 Å². The van der Waals surface area contributed by atoms with E-state index in [9.17, 15) is 4.79 Å². The molecule has 1 fully saturated rings. The third-order valence-corrected chi connectivity index (χ3v) is 4.77. The zero-order valence-corrected chi connectivity index (χ0v) is 15.2. The van der Waals surface area contributed by atoms with Gasteiger partial charge in [-0.05, 0) is 38.0 Å². The fourth-order valence-electron chi connectivity index (χ4n) is 3.08. The Morgan fingerprint density at radius 3 is 2.89 bits per heavy atom. The highest BCUT2D eigenvalue weighted by atomic mass is 16.5. The van der Waals surface area contributed by atoms with E-state index in [4.69, 9.17) is 8.85 Å². The quantitative estimate of drug-likeness (QED) is 0.695. The zero-order valence-electron chi connectivity index (χ0n) is 18.2. The number of hydrogen-bond acceptors (Lipinski definition) is 5. The highest BCUT2D eigenvalue weighted by Gasteiger charge is 2.40. The number of hydrogen-bond donors (Lipinski definition) is 0. The molecule has 0 N–H and O–H groups in total. The van der Waals surface area contributed by atoms with Gasteiger partial charge in [-0.2, -0.15) is 4.98 Å². The third kappa shape index (κ3) is 3.74. The molecular weight excluding hydrogens is 340 g/mol. The molecule has 0 radical (unpaired) electrons. The van der Waals surface area contributed by atoms with Crippen molar-refractivity contribution in [2.45, 2.75) is 26.2 Å². The molecule has 3 aromatic heterocycles. The number of rotatable bonds is 5. The SMILES string of the molecule is [2H]C([2H])([2H])n1cc(-c2cnc(C)nc2OC[C@H]2C[C@@H]2c2ccc(C)cn2)ccc1=O. The summed E-state index contributed by atoms with van der Waals surface area (Å²) >= 11 is 0. The Bertz CT molecular complexity index is 1130. The summed E-state index contributed by atoms with van der Waals surface area (Å²) in [6, 6.07) is 6.90. The van der Waals surface area contributed by atoms with Gasteiger partial charge in [-0.15, -0.1) is 0 Å². The van der Waals surface area contributed by atoms with Crippen molar-refractivity contribution < 1.29 is 8.85 Å². The first-order valence-corrected chi connectivity index (χ1v) is 8.85. The lowest BCUT2D eigenvalue weighted by molar-refractivity contribution is 0.285. The van der Waals surface area contributed by atoms with Crippen molar-refractivity contribution in [3.63, 3.8) is 0 Å². The van der Waals surface area contributed by atoms with E-state index < -0.39 is 12.5 Å². The van der Waals surface area contributed by atoms with Crippen molar-refractivity contribution in [1.82, 2.24) is 19.5 Å². The van der Waals surface area contributed by atoms with E-state index in [1.54, 1.807) is 19.2 Å². The van der Waals surface area contributed by atoms with E-state index in [1.807, 2.05) is 13.1 Å². The standard InChI is InChI=1S/C21H22N4O2/c1-13-4-6-19(23-9-13)17-8-16(17)12-27-21-18(10-22-14(2)24-21)15-5-7-20(26)25(3)11-15/h4-7,9-11,16-17H,8,12H2,1-3H3/t16-,17+/m1/s1/i3D3. The average molecular weight is 365 g/mol. The molecule has 3 heterocycles. The largest absolute Gasteiger partial charge is 0.477 e. The lowest BCUT2D eigenvalue weighted by atomic mass is 10.1. The van der Waals surface area contributed by atoms with Crippen molar-refractivity contribution >= 4 is 0 Å². The van der Waals surface area contributed by atoms with E-state index in [0.29, 0.717) is 41.3 Å². The molecule has 1 aliphatic carbocycles. The Balaban J connectivity index is 1.55. The maximum absolute atomic E-state index is 11.9. The molecule has 0 aliphatic heterocycles. The zero-order chi connectivity index (χ0) is 21.5. The highest BCUT2D eigenvalue weighted by molar-refractivity contribution is 5.66. The molecule has 27 heavy (non-hydrogen) atoms. The second-order valence-electron chi connectivity index (χ2n) is 6.94. The van der Waals surface area contributed by atoms with Gasteiger partial charge >= 0.3 is 0 Å². The Kier molecular flexibility index (Phi) is 3.62. The summed E-state index contributed by atoms with van der Waals surface area (Å²) in [5.41, 5.74) is 2.66. The second-order valence-corrected chi connectivity index (χ2v) is 6.94. The Morgan fingerprint density at radius 2 is 2.11 bits per heavy atom. The van der Waals surface area contributed by atoms with Crippen molar-refractivity contribution in [2.24, 2.45) is 12.9 Å². The van der Waals surface area contributed by atoms with Crippen LogP contribution in [-0.4, -0.2) is 26.1 Å². The Morgan fingerprint density at radius 1 is 1.22 bits per heavy atom. The monoisotopic (exact) mass is 365 g/mol. The molecule has 3 aromatic rings. The van der Waals surface area contributed by atoms with E-state index >= 15 is 0 Å². The van der Waals surface area contributed by atoms with Crippen LogP contribution >= 0.6 is 0 Å². The minimum atomic E-state index is -2.57. The summed E-state index contributed by atoms with van der Waals surface area (Å²) in [6.07, 6.45) is 5.76. The van der Waals surface area contributed by atoms with Crippen LogP contribution < -0.4 is 10.3 Å². The molecular formula is C21H22N4O2. The van der Waals surface area contributed by atoms with Crippen LogP contribution in [-0.2, 0) is 6.98 Å². The van der Waals surface area contributed by atoms with Crippen LogP contribution in [0, 0.1) is 19.8 Å². The van der Waals surface area contributed by atoms with Crippen molar-refractivity contribution in [3.8, 4) is 17.0 Å². The second kappa shape index (κ2) is 6.95. The molecule has 1 aliphatic rings. The summed E-state index contributed by atoms with van der Waals surface area (Å²) in [5, 5.41) is 0. The fourth-order valence-corrected chi connectivity index (χ4v) is 3.08. The lowest BCUT2D eigenvalue weighted by Crippen LogP contribution is -2.14. The van der Waals surface area contributed by atoms with Gasteiger partial charge in [0.25, 0.3) is 0 Å². The predicted octanol–water partition coefficient (Wildman–Crippen LogP) is 3.04. The lowest BCUT2D eigenvalue weighted by Gasteiger charge is -2.11. The summed E-state index contributed by atoms with van der Waals surface area (Å²) in [5.74, 6) is 1.64. The number of aromatic nitrogens is 4. The van der Waals surface area contributed by atoms with Gasteiger partial charge in [0.2, 0.25) is 11.4 Å². The van der Waals surface area contributed by atoms with E-state index in [1.165, 1.54) is 12.3 Å². The molecule has 2 atom stereocenters. The van der Waals surface area contributed by atoms with Gasteiger partial charge in [0, 0.05) is 58.8 Å². The van der Waals surface area contributed by atoms with Crippen molar-refractivity contribution in [1.29, 1.82) is 0 Å². The van der Waals surface area contributed by atoms with E-state index in [-0.39, 0.29) is 0 Å². The average Bonchev–Trinajstić information content (AvgIpc) is 3.46. The predicted molar refractivity (Wildman–Crippen MR) is 103 cm³/mol. The molecule has 6 heteroatoms. The Hall–Kier alpha value is -3.02. The van der Waals surface area contributed by atoms with Crippen molar-refractivity contribution in [3.05, 3.63) is 70.3 Å². The molecule has 138 valence electrons. The van der Waals surface area contributed by atoms with Gasteiger partial charge in [-0.25, -0.2) is 4.98 Å². The number of ether oxygens (including phenoxy) is 1. The minimum Gasteiger partial charge on any atom is -0.477 e. The van der Waals surface area contributed by atoms with Crippen LogP contribution in [0.1, 0.15) is 33.5 Å². The smallest absolute Gasteiger partial charge is 0.250 e. The molecule has 0 spiro atoms. The molecule has 0 bridgehead atoms. The minimum absolute atomic E-state index is 0.347. The van der Waals surface area contributed by atoms with Crippen LogP contribution in [0.5, 0.6) is 5.88 Å². The van der Waals surface area contributed by atoms with Gasteiger partial charge in [-0.3, -0.25) is 9.78 Å². The molecule has 0 amide bonds. The number of nitrogens with zero attached hydrogens (tertiary/aromatic N) is 4. The van der Waals surface area contributed by atoms with Crippen LogP contribution in [0.3, 0.4) is 0 Å². The van der Waals surface area contributed by atoms with Gasteiger partial charge in [0.1, 0.15) is 5.82 Å². The maximum Gasteiger partial charge on any atom is 0.250 e. The summed E-state index contributed by atoms with van der Waals surface area (Å²) in [7, 11) is 0. The highest BCUT2D eigenvalue weighted by Crippen LogP contribution is 2.47.